The fourth-order valence-corrected chi connectivity index (χ4v) is 2.03. The van der Waals surface area contributed by atoms with Crippen LogP contribution < -0.4 is 10.5 Å². The van der Waals surface area contributed by atoms with Crippen LogP contribution in [-0.4, -0.2) is 63.6 Å². The Labute approximate surface area is 132 Å². The van der Waals surface area contributed by atoms with Gasteiger partial charge in [-0.25, -0.2) is 0 Å². The summed E-state index contributed by atoms with van der Waals surface area (Å²) in [5, 5.41) is 0. The maximum absolute atomic E-state index is 5.80. The van der Waals surface area contributed by atoms with Crippen molar-refractivity contribution in [2.24, 2.45) is 5.73 Å². The van der Waals surface area contributed by atoms with Crippen LogP contribution >= 0.6 is 12.2 Å². The van der Waals surface area contributed by atoms with E-state index in [-0.39, 0.29) is 0 Å². The number of hydrogen-bond donors (Lipinski definition) is 1. The Hall–Kier alpha value is -1.21. The summed E-state index contributed by atoms with van der Waals surface area (Å²) in [5.74, 6) is 0.725. The first-order chi connectivity index (χ1) is 10.2. The first-order valence-corrected chi connectivity index (χ1v) is 7.31. The summed E-state index contributed by atoms with van der Waals surface area (Å²) in [7, 11) is 3.40. The first kappa shape index (κ1) is 17.8. The lowest BCUT2D eigenvalue weighted by Gasteiger charge is -2.22. The number of rotatable bonds is 11. The van der Waals surface area contributed by atoms with E-state index in [9.17, 15) is 0 Å². The largest absolute Gasteiger partial charge is 0.492 e. The Morgan fingerprint density at radius 2 is 1.62 bits per heavy atom. The standard InChI is InChI=1S/C15H24N2O3S/c1-18-10-7-17(8-11-19-2)9-12-20-14-6-4-3-5-13(14)15(16)21/h3-6H,7-12H2,1-2H3,(H2,16,21). The minimum Gasteiger partial charge on any atom is -0.492 e. The number of thiocarbonyl (C=S) groups is 1. The average molecular weight is 312 g/mol. The first-order valence-electron chi connectivity index (χ1n) is 6.91. The van der Waals surface area contributed by atoms with Crippen molar-refractivity contribution in [1.29, 1.82) is 0 Å². The van der Waals surface area contributed by atoms with Gasteiger partial charge in [0.1, 0.15) is 17.3 Å². The monoisotopic (exact) mass is 312 g/mol. The fraction of sp³-hybridized carbons (Fsp3) is 0.533. The van der Waals surface area contributed by atoms with Crippen molar-refractivity contribution in [3.05, 3.63) is 29.8 Å². The topological polar surface area (TPSA) is 57.0 Å². The highest BCUT2D eigenvalue weighted by Gasteiger charge is 2.08. The highest BCUT2D eigenvalue weighted by atomic mass is 32.1. The maximum Gasteiger partial charge on any atom is 0.129 e. The molecule has 0 amide bonds. The smallest absolute Gasteiger partial charge is 0.129 e. The van der Waals surface area contributed by atoms with E-state index in [0.29, 0.717) is 24.8 Å². The predicted octanol–water partition coefficient (Wildman–Crippen LogP) is 1.29. The van der Waals surface area contributed by atoms with Gasteiger partial charge in [0.15, 0.2) is 0 Å². The second-order valence-electron chi connectivity index (χ2n) is 4.54. The van der Waals surface area contributed by atoms with Gasteiger partial charge < -0.3 is 19.9 Å². The molecule has 2 N–H and O–H groups in total. The second-order valence-corrected chi connectivity index (χ2v) is 4.98. The molecule has 0 aliphatic carbocycles. The predicted molar refractivity (Wildman–Crippen MR) is 88.0 cm³/mol. The molecule has 0 saturated heterocycles. The molecule has 0 radical (unpaired) electrons. The summed E-state index contributed by atoms with van der Waals surface area (Å²) in [6.07, 6.45) is 0. The van der Waals surface area contributed by atoms with Crippen LogP contribution in [0.1, 0.15) is 5.56 Å². The molecule has 0 aromatic heterocycles. The lowest BCUT2D eigenvalue weighted by Crippen LogP contribution is -2.34. The zero-order valence-electron chi connectivity index (χ0n) is 12.7. The Kier molecular flexibility index (Phi) is 8.93. The van der Waals surface area contributed by atoms with Gasteiger partial charge in [-0.15, -0.1) is 0 Å². The van der Waals surface area contributed by atoms with Gasteiger partial charge in [-0.3, -0.25) is 4.90 Å². The van der Waals surface area contributed by atoms with Crippen molar-refractivity contribution >= 4 is 17.2 Å². The molecule has 0 spiro atoms. The van der Waals surface area contributed by atoms with Crippen molar-refractivity contribution < 1.29 is 14.2 Å². The van der Waals surface area contributed by atoms with E-state index in [0.717, 1.165) is 30.9 Å². The van der Waals surface area contributed by atoms with E-state index >= 15 is 0 Å². The summed E-state index contributed by atoms with van der Waals surface area (Å²) in [5.41, 5.74) is 6.46. The van der Waals surface area contributed by atoms with Crippen LogP contribution in [0.4, 0.5) is 0 Å². The molecule has 21 heavy (non-hydrogen) atoms. The van der Waals surface area contributed by atoms with Gasteiger partial charge in [-0.1, -0.05) is 24.4 Å². The third-order valence-electron chi connectivity index (χ3n) is 3.04. The van der Waals surface area contributed by atoms with Crippen molar-refractivity contribution in [2.45, 2.75) is 0 Å². The Balaban J connectivity index is 2.47. The average Bonchev–Trinajstić information content (AvgIpc) is 2.49. The summed E-state index contributed by atoms with van der Waals surface area (Å²) in [4.78, 5) is 2.58. The molecule has 0 aliphatic heterocycles. The van der Waals surface area contributed by atoms with E-state index in [1.807, 2.05) is 24.3 Å². The minimum absolute atomic E-state index is 0.348. The van der Waals surface area contributed by atoms with Gasteiger partial charge in [0.2, 0.25) is 0 Å². The Bertz CT molecular complexity index is 421. The zero-order chi connectivity index (χ0) is 15.5. The van der Waals surface area contributed by atoms with Crippen LogP contribution in [0.15, 0.2) is 24.3 Å². The Morgan fingerprint density at radius 3 is 2.19 bits per heavy atom. The molecule has 1 rings (SSSR count). The molecule has 5 nitrogen and oxygen atoms in total. The quantitative estimate of drug-likeness (QED) is 0.622. The fourth-order valence-electron chi connectivity index (χ4n) is 1.86. The molecule has 1 aromatic rings. The number of hydrogen-bond acceptors (Lipinski definition) is 5. The van der Waals surface area contributed by atoms with Crippen LogP contribution in [0.2, 0.25) is 0 Å². The number of nitrogens with two attached hydrogens (primary N) is 1. The number of ether oxygens (including phenoxy) is 3. The van der Waals surface area contributed by atoms with Gasteiger partial charge >= 0.3 is 0 Å². The van der Waals surface area contributed by atoms with Crippen molar-refractivity contribution in [2.75, 3.05) is 53.7 Å². The maximum atomic E-state index is 5.80. The van der Waals surface area contributed by atoms with Crippen LogP contribution in [0.3, 0.4) is 0 Å². The molecule has 6 heteroatoms. The molecule has 118 valence electrons. The third-order valence-corrected chi connectivity index (χ3v) is 3.26. The van der Waals surface area contributed by atoms with Crippen molar-refractivity contribution in [3.8, 4) is 5.75 Å². The lowest BCUT2D eigenvalue weighted by atomic mass is 10.2. The normalized spacial score (nSPS) is 10.8. The van der Waals surface area contributed by atoms with E-state index in [1.165, 1.54) is 0 Å². The highest BCUT2D eigenvalue weighted by molar-refractivity contribution is 7.80. The van der Waals surface area contributed by atoms with Crippen LogP contribution in [0.25, 0.3) is 0 Å². The van der Waals surface area contributed by atoms with Crippen LogP contribution in [0, 0.1) is 0 Å². The van der Waals surface area contributed by atoms with Crippen LogP contribution in [-0.2, 0) is 9.47 Å². The summed E-state index contributed by atoms with van der Waals surface area (Å²) in [6.45, 7) is 4.42. The number of benzene rings is 1. The summed E-state index contributed by atoms with van der Waals surface area (Å²) < 4.78 is 16.0. The highest BCUT2D eigenvalue weighted by Crippen LogP contribution is 2.17. The molecule has 1 aromatic carbocycles. The van der Waals surface area contributed by atoms with Gasteiger partial charge in [0.25, 0.3) is 0 Å². The van der Waals surface area contributed by atoms with Crippen LogP contribution in [0.5, 0.6) is 5.75 Å². The number of nitrogens with zero attached hydrogens (tertiary/aromatic N) is 1. The van der Waals surface area contributed by atoms with Gasteiger partial charge in [-0.05, 0) is 12.1 Å². The molecule has 0 aliphatic rings. The Morgan fingerprint density at radius 1 is 1.05 bits per heavy atom. The summed E-state index contributed by atoms with van der Waals surface area (Å²) >= 11 is 5.02. The zero-order valence-corrected chi connectivity index (χ0v) is 13.5. The molecule has 0 heterocycles. The van der Waals surface area contributed by atoms with Gasteiger partial charge in [0.05, 0.1) is 18.8 Å². The lowest BCUT2D eigenvalue weighted by molar-refractivity contribution is 0.104. The minimum atomic E-state index is 0.348. The summed E-state index contributed by atoms with van der Waals surface area (Å²) in [6, 6.07) is 7.55. The molecule has 0 atom stereocenters. The third kappa shape index (κ3) is 6.86. The number of methoxy groups -OCH3 is 2. The molecule has 0 fully saturated rings. The van der Waals surface area contributed by atoms with Gasteiger partial charge in [-0.2, -0.15) is 0 Å². The van der Waals surface area contributed by atoms with Crippen molar-refractivity contribution in [3.63, 3.8) is 0 Å². The molecule has 0 saturated carbocycles. The molecular weight excluding hydrogens is 288 g/mol. The van der Waals surface area contributed by atoms with E-state index in [2.05, 4.69) is 4.90 Å². The van der Waals surface area contributed by atoms with E-state index < -0.39 is 0 Å². The molecular formula is C15H24N2O3S. The van der Waals surface area contributed by atoms with Gasteiger partial charge in [0, 0.05) is 33.9 Å². The molecule has 0 unspecified atom stereocenters. The number of para-hydroxylation sites is 1. The van der Waals surface area contributed by atoms with Crippen molar-refractivity contribution in [1.82, 2.24) is 4.90 Å². The molecule has 0 bridgehead atoms. The second kappa shape index (κ2) is 10.5. The van der Waals surface area contributed by atoms with E-state index in [1.54, 1.807) is 14.2 Å². The SMILES string of the molecule is COCCN(CCOC)CCOc1ccccc1C(N)=S. The van der Waals surface area contributed by atoms with E-state index in [4.69, 9.17) is 32.2 Å².